The van der Waals surface area contributed by atoms with Crippen LogP contribution in [0.2, 0.25) is 0 Å². The normalized spacial score (nSPS) is 15.9. The van der Waals surface area contributed by atoms with E-state index in [0.717, 1.165) is 44.2 Å². The van der Waals surface area contributed by atoms with Gasteiger partial charge in [0, 0.05) is 52.6 Å². The molecule has 0 spiro atoms. The van der Waals surface area contributed by atoms with Gasteiger partial charge in [0.05, 0.1) is 5.75 Å². The quantitative estimate of drug-likeness (QED) is 0.227. The van der Waals surface area contributed by atoms with E-state index in [9.17, 15) is 8.42 Å². The summed E-state index contributed by atoms with van der Waals surface area (Å²) in [6, 6.07) is 9.96. The van der Waals surface area contributed by atoms with Crippen molar-refractivity contribution in [3.63, 3.8) is 0 Å². The Morgan fingerprint density at radius 2 is 1.90 bits per heavy atom. The Kier molecular flexibility index (Phi) is 11.9. The molecule has 1 heterocycles. The van der Waals surface area contributed by atoms with Crippen molar-refractivity contribution < 1.29 is 13.2 Å². The zero-order valence-electron chi connectivity index (χ0n) is 17.7. The number of sulfonamides is 1. The minimum atomic E-state index is -3.12. The zero-order chi connectivity index (χ0) is 20.4. The molecule has 0 amide bonds. The number of nitrogens with one attached hydrogen (secondary N) is 1. The number of piperidine rings is 1. The maximum Gasteiger partial charge on any atom is 0.213 e. The summed E-state index contributed by atoms with van der Waals surface area (Å²) in [6.07, 6.45) is 2.85. The van der Waals surface area contributed by atoms with Gasteiger partial charge in [-0.25, -0.2) is 12.7 Å². The molecule has 0 bridgehead atoms. The van der Waals surface area contributed by atoms with Gasteiger partial charge in [0.2, 0.25) is 10.0 Å². The summed E-state index contributed by atoms with van der Waals surface area (Å²) in [6.45, 7) is 7.42. The van der Waals surface area contributed by atoms with Gasteiger partial charge in [0.25, 0.3) is 0 Å². The average Bonchev–Trinajstić information content (AvgIpc) is 2.71. The van der Waals surface area contributed by atoms with Crippen LogP contribution in [0.1, 0.15) is 33.1 Å². The van der Waals surface area contributed by atoms with Gasteiger partial charge >= 0.3 is 0 Å². The van der Waals surface area contributed by atoms with E-state index in [1.54, 1.807) is 14.0 Å². The lowest BCUT2D eigenvalue weighted by atomic mass is 10.1. The first kappa shape index (κ1) is 26.0. The molecule has 166 valence electrons. The highest BCUT2D eigenvalue weighted by molar-refractivity contribution is 14.0. The lowest BCUT2D eigenvalue weighted by molar-refractivity contribution is 0.129. The predicted octanol–water partition coefficient (Wildman–Crippen LogP) is 2.78. The molecule has 2 rings (SSSR count). The fourth-order valence-electron chi connectivity index (χ4n) is 3.14. The predicted molar refractivity (Wildman–Crippen MR) is 130 cm³/mol. The smallest absolute Gasteiger partial charge is 0.213 e. The Hall–Kier alpha value is -1.07. The molecule has 0 atom stereocenters. The van der Waals surface area contributed by atoms with Crippen molar-refractivity contribution in [2.45, 2.75) is 39.2 Å². The van der Waals surface area contributed by atoms with Gasteiger partial charge in [-0.2, -0.15) is 0 Å². The van der Waals surface area contributed by atoms with Gasteiger partial charge in [-0.05, 0) is 32.4 Å². The van der Waals surface area contributed by atoms with Crippen LogP contribution in [0.15, 0.2) is 35.3 Å². The number of benzene rings is 1. The number of likely N-dealkylation sites (tertiary alicyclic amines) is 1. The van der Waals surface area contributed by atoms with Crippen LogP contribution in [0.3, 0.4) is 0 Å². The number of hydrogen-bond acceptors (Lipinski definition) is 4. The first-order chi connectivity index (χ1) is 13.5. The van der Waals surface area contributed by atoms with E-state index in [1.165, 1.54) is 4.31 Å². The highest BCUT2D eigenvalue weighted by Gasteiger charge is 2.22. The molecule has 9 heteroatoms. The van der Waals surface area contributed by atoms with E-state index in [1.807, 2.05) is 30.3 Å². The van der Waals surface area contributed by atoms with Crippen molar-refractivity contribution in [2.75, 3.05) is 45.5 Å². The maximum atomic E-state index is 11.8. The van der Waals surface area contributed by atoms with E-state index >= 15 is 0 Å². The van der Waals surface area contributed by atoms with E-state index in [2.05, 4.69) is 17.1 Å². The lowest BCUT2D eigenvalue weighted by Gasteiger charge is -2.34. The maximum absolute atomic E-state index is 11.8. The Bertz CT molecular complexity index is 708. The minimum absolute atomic E-state index is 0. The van der Waals surface area contributed by atoms with E-state index in [-0.39, 0.29) is 35.8 Å². The lowest BCUT2D eigenvalue weighted by Crippen LogP contribution is -2.47. The molecule has 0 unspecified atom stereocenters. The number of halogens is 1. The van der Waals surface area contributed by atoms with Gasteiger partial charge in [0.15, 0.2) is 5.96 Å². The Morgan fingerprint density at radius 1 is 1.24 bits per heavy atom. The highest BCUT2D eigenvalue weighted by Crippen LogP contribution is 2.18. The second kappa shape index (κ2) is 13.3. The molecular formula is C20H35IN4O3S. The Balaban J connectivity index is 0.00000420. The standard InChI is InChI=1S/C20H34N4O3S.HI/c1-4-21-20(22-14-9-15-23(3)28(25,26)5-2)24-16-12-19(13-17-24)27-18-10-7-6-8-11-18;/h6-8,10-11,19H,4-5,9,12-17H2,1-3H3,(H,21,22);1H. The Morgan fingerprint density at radius 3 is 2.48 bits per heavy atom. The summed E-state index contributed by atoms with van der Waals surface area (Å²) >= 11 is 0. The van der Waals surface area contributed by atoms with Crippen molar-refractivity contribution in [3.8, 4) is 5.75 Å². The molecule has 1 N–H and O–H groups in total. The van der Waals surface area contributed by atoms with Crippen LogP contribution >= 0.6 is 24.0 Å². The number of aliphatic imine (C=N–C) groups is 1. The molecular weight excluding hydrogens is 503 g/mol. The van der Waals surface area contributed by atoms with Crippen LogP contribution in [-0.2, 0) is 10.0 Å². The fraction of sp³-hybridized carbons (Fsp3) is 0.650. The van der Waals surface area contributed by atoms with Crippen molar-refractivity contribution in [2.24, 2.45) is 4.99 Å². The summed E-state index contributed by atoms with van der Waals surface area (Å²) in [5.41, 5.74) is 0. The second-order valence-electron chi connectivity index (χ2n) is 6.93. The van der Waals surface area contributed by atoms with Gasteiger partial charge in [0.1, 0.15) is 11.9 Å². The van der Waals surface area contributed by atoms with Crippen LogP contribution in [0.5, 0.6) is 5.75 Å². The van der Waals surface area contributed by atoms with Crippen LogP contribution in [0.25, 0.3) is 0 Å². The van der Waals surface area contributed by atoms with Gasteiger partial charge in [-0.3, -0.25) is 4.99 Å². The first-order valence-corrected chi connectivity index (χ1v) is 11.8. The molecule has 1 saturated heterocycles. The first-order valence-electron chi connectivity index (χ1n) is 10.1. The number of hydrogen-bond donors (Lipinski definition) is 1. The largest absolute Gasteiger partial charge is 0.490 e. The molecule has 1 fully saturated rings. The van der Waals surface area contributed by atoms with Crippen molar-refractivity contribution in [1.29, 1.82) is 0 Å². The van der Waals surface area contributed by atoms with Gasteiger partial charge in [-0.1, -0.05) is 18.2 Å². The van der Waals surface area contributed by atoms with Crippen LogP contribution in [-0.4, -0.2) is 75.2 Å². The summed E-state index contributed by atoms with van der Waals surface area (Å²) in [7, 11) is -1.49. The number of nitrogens with zero attached hydrogens (tertiary/aromatic N) is 3. The molecule has 0 radical (unpaired) electrons. The van der Waals surface area contributed by atoms with E-state index in [0.29, 0.717) is 19.5 Å². The highest BCUT2D eigenvalue weighted by atomic mass is 127. The van der Waals surface area contributed by atoms with Gasteiger partial charge < -0.3 is 15.0 Å². The van der Waals surface area contributed by atoms with E-state index in [4.69, 9.17) is 9.73 Å². The molecule has 29 heavy (non-hydrogen) atoms. The number of rotatable bonds is 9. The van der Waals surface area contributed by atoms with Gasteiger partial charge in [-0.15, -0.1) is 24.0 Å². The molecule has 0 saturated carbocycles. The monoisotopic (exact) mass is 538 g/mol. The topological polar surface area (TPSA) is 74.2 Å². The van der Waals surface area contributed by atoms with Crippen LogP contribution in [0, 0.1) is 0 Å². The second-order valence-corrected chi connectivity index (χ2v) is 9.29. The average molecular weight is 538 g/mol. The Labute approximate surface area is 193 Å². The number of guanidine groups is 1. The zero-order valence-corrected chi connectivity index (χ0v) is 20.9. The van der Waals surface area contributed by atoms with Crippen molar-refractivity contribution in [3.05, 3.63) is 30.3 Å². The molecule has 1 aliphatic rings. The summed E-state index contributed by atoms with van der Waals surface area (Å²) in [5, 5.41) is 3.35. The fourth-order valence-corrected chi connectivity index (χ4v) is 3.99. The molecule has 7 nitrogen and oxygen atoms in total. The third-order valence-corrected chi connectivity index (χ3v) is 6.72. The van der Waals surface area contributed by atoms with E-state index < -0.39 is 10.0 Å². The summed E-state index contributed by atoms with van der Waals surface area (Å²) in [4.78, 5) is 6.96. The number of ether oxygens (including phenoxy) is 1. The third-order valence-electron chi connectivity index (χ3n) is 4.85. The van der Waals surface area contributed by atoms with Crippen LogP contribution < -0.4 is 10.1 Å². The minimum Gasteiger partial charge on any atom is -0.490 e. The van der Waals surface area contributed by atoms with Crippen LogP contribution in [0.4, 0.5) is 0 Å². The SMILES string of the molecule is CCNC(=NCCCN(C)S(=O)(=O)CC)N1CCC(Oc2ccccc2)CC1.I. The molecule has 1 aliphatic heterocycles. The van der Waals surface area contributed by atoms with Crippen molar-refractivity contribution in [1.82, 2.24) is 14.5 Å². The molecule has 1 aromatic rings. The molecule has 0 aromatic heterocycles. The third kappa shape index (κ3) is 8.67. The summed E-state index contributed by atoms with van der Waals surface area (Å²) < 4.78 is 31.1. The summed E-state index contributed by atoms with van der Waals surface area (Å²) in [5.74, 6) is 1.96. The van der Waals surface area contributed by atoms with Crippen molar-refractivity contribution >= 4 is 40.0 Å². The molecule has 0 aliphatic carbocycles. The molecule has 1 aromatic carbocycles. The number of para-hydroxylation sites is 1.